The van der Waals surface area contributed by atoms with Gasteiger partial charge in [-0.25, -0.2) is 0 Å². The Morgan fingerprint density at radius 2 is 2.27 bits per heavy atom. The maximum atomic E-state index is 11.6. The quantitative estimate of drug-likeness (QED) is 0.711. The Kier molecular flexibility index (Phi) is 4.08. The minimum atomic E-state index is -0.914. The minimum absolute atomic E-state index is 0.0627. The lowest BCUT2D eigenvalue weighted by Crippen LogP contribution is -2.42. The number of hydrogen-bond acceptors (Lipinski definition) is 3. The van der Waals surface area contributed by atoms with Gasteiger partial charge < -0.3 is 15.2 Å². The molecule has 0 aliphatic carbocycles. The van der Waals surface area contributed by atoms with Crippen LogP contribution in [0.15, 0.2) is 0 Å². The van der Waals surface area contributed by atoms with Crippen LogP contribution in [-0.2, 0) is 14.3 Å². The van der Waals surface area contributed by atoms with Gasteiger partial charge in [-0.3, -0.25) is 9.59 Å². The SMILES string of the molecule is C[C@H](CC(=O)O)NC(=O)[C@@H]1OCC[C@@H]1C. The van der Waals surface area contributed by atoms with Gasteiger partial charge in [0.05, 0.1) is 6.42 Å². The number of ether oxygens (including phenoxy) is 1. The zero-order valence-corrected chi connectivity index (χ0v) is 9.03. The van der Waals surface area contributed by atoms with Crippen molar-refractivity contribution in [2.24, 2.45) is 5.92 Å². The molecule has 0 aromatic rings. The Balaban J connectivity index is 2.37. The van der Waals surface area contributed by atoms with Crippen LogP contribution in [0.4, 0.5) is 0 Å². The first-order valence-corrected chi connectivity index (χ1v) is 5.14. The second kappa shape index (κ2) is 5.11. The summed E-state index contributed by atoms with van der Waals surface area (Å²) in [5, 5.41) is 11.2. The van der Waals surface area contributed by atoms with E-state index in [1.165, 1.54) is 0 Å². The average Bonchev–Trinajstić information content (AvgIpc) is 2.49. The molecule has 1 saturated heterocycles. The van der Waals surface area contributed by atoms with Crippen molar-refractivity contribution >= 4 is 11.9 Å². The highest BCUT2D eigenvalue weighted by Crippen LogP contribution is 2.20. The van der Waals surface area contributed by atoms with E-state index in [0.29, 0.717) is 6.61 Å². The average molecular weight is 215 g/mol. The molecular formula is C10H17NO4. The maximum Gasteiger partial charge on any atom is 0.305 e. The Hall–Kier alpha value is -1.10. The molecule has 0 spiro atoms. The first-order valence-electron chi connectivity index (χ1n) is 5.14. The van der Waals surface area contributed by atoms with Crippen LogP contribution in [0.2, 0.25) is 0 Å². The summed E-state index contributed by atoms with van der Waals surface area (Å²) >= 11 is 0. The van der Waals surface area contributed by atoms with Gasteiger partial charge in [0.2, 0.25) is 5.91 Å². The van der Waals surface area contributed by atoms with Crippen molar-refractivity contribution in [2.75, 3.05) is 6.61 Å². The van der Waals surface area contributed by atoms with Crippen LogP contribution in [0.1, 0.15) is 26.7 Å². The number of rotatable bonds is 4. The van der Waals surface area contributed by atoms with Crippen molar-refractivity contribution in [2.45, 2.75) is 38.8 Å². The molecule has 0 aromatic carbocycles. The molecule has 0 saturated carbocycles. The monoisotopic (exact) mass is 215 g/mol. The number of aliphatic carboxylic acids is 1. The summed E-state index contributed by atoms with van der Waals surface area (Å²) in [4.78, 5) is 22.0. The summed E-state index contributed by atoms with van der Waals surface area (Å²) in [6, 6.07) is -0.355. The number of nitrogens with one attached hydrogen (secondary N) is 1. The number of amides is 1. The molecule has 0 bridgehead atoms. The number of carboxylic acids is 1. The van der Waals surface area contributed by atoms with E-state index < -0.39 is 12.1 Å². The predicted octanol–water partition coefficient (Wildman–Crippen LogP) is 0.391. The van der Waals surface area contributed by atoms with E-state index in [-0.39, 0.29) is 24.3 Å². The van der Waals surface area contributed by atoms with E-state index in [9.17, 15) is 9.59 Å². The molecule has 5 heteroatoms. The zero-order valence-electron chi connectivity index (χ0n) is 9.03. The fourth-order valence-electron chi connectivity index (χ4n) is 1.67. The molecule has 1 aliphatic heterocycles. The molecule has 0 aromatic heterocycles. The van der Waals surface area contributed by atoms with E-state index in [1.54, 1.807) is 6.92 Å². The zero-order chi connectivity index (χ0) is 11.4. The van der Waals surface area contributed by atoms with Gasteiger partial charge in [-0.15, -0.1) is 0 Å². The summed E-state index contributed by atoms with van der Waals surface area (Å²) in [5.41, 5.74) is 0. The first kappa shape index (κ1) is 12.0. The fraction of sp³-hybridized carbons (Fsp3) is 0.800. The van der Waals surface area contributed by atoms with E-state index in [4.69, 9.17) is 9.84 Å². The van der Waals surface area contributed by atoms with Gasteiger partial charge in [-0.2, -0.15) is 0 Å². The third kappa shape index (κ3) is 3.51. The highest BCUT2D eigenvalue weighted by molar-refractivity contribution is 5.82. The van der Waals surface area contributed by atoms with Crippen molar-refractivity contribution in [3.8, 4) is 0 Å². The van der Waals surface area contributed by atoms with Crippen LogP contribution in [-0.4, -0.2) is 35.7 Å². The Morgan fingerprint density at radius 1 is 1.60 bits per heavy atom. The van der Waals surface area contributed by atoms with Crippen molar-refractivity contribution in [1.82, 2.24) is 5.32 Å². The number of carbonyl (C=O) groups is 2. The first-order chi connectivity index (χ1) is 7.00. The highest BCUT2D eigenvalue weighted by Gasteiger charge is 2.31. The second-order valence-electron chi connectivity index (χ2n) is 4.06. The molecule has 0 unspecified atom stereocenters. The van der Waals surface area contributed by atoms with Crippen molar-refractivity contribution in [3.63, 3.8) is 0 Å². The summed E-state index contributed by atoms with van der Waals surface area (Å²) in [6.07, 6.45) is 0.402. The van der Waals surface area contributed by atoms with Gasteiger partial charge in [0, 0.05) is 12.6 Å². The van der Waals surface area contributed by atoms with Gasteiger partial charge in [-0.1, -0.05) is 6.92 Å². The molecule has 2 N–H and O–H groups in total. The molecule has 1 heterocycles. The van der Waals surface area contributed by atoms with E-state index in [0.717, 1.165) is 6.42 Å². The predicted molar refractivity (Wildman–Crippen MR) is 53.4 cm³/mol. The molecule has 1 fully saturated rings. The summed E-state index contributed by atoms with van der Waals surface area (Å²) < 4.78 is 5.27. The Morgan fingerprint density at radius 3 is 2.73 bits per heavy atom. The lowest BCUT2D eigenvalue weighted by molar-refractivity contribution is -0.138. The number of carboxylic acid groups (broad SMARTS) is 1. The van der Waals surface area contributed by atoms with Gasteiger partial charge in [0.25, 0.3) is 0 Å². The molecule has 3 atom stereocenters. The van der Waals surface area contributed by atoms with Crippen LogP contribution >= 0.6 is 0 Å². The molecule has 86 valence electrons. The lowest BCUT2D eigenvalue weighted by Gasteiger charge is -2.17. The molecule has 5 nitrogen and oxygen atoms in total. The Labute approximate surface area is 88.8 Å². The maximum absolute atomic E-state index is 11.6. The molecule has 1 amide bonds. The second-order valence-corrected chi connectivity index (χ2v) is 4.06. The van der Waals surface area contributed by atoms with Crippen molar-refractivity contribution in [3.05, 3.63) is 0 Å². The molecule has 15 heavy (non-hydrogen) atoms. The van der Waals surface area contributed by atoms with Gasteiger partial charge in [0.15, 0.2) is 0 Å². The third-order valence-corrected chi connectivity index (χ3v) is 2.52. The lowest BCUT2D eigenvalue weighted by atomic mass is 10.0. The normalized spacial score (nSPS) is 27.3. The topological polar surface area (TPSA) is 75.6 Å². The van der Waals surface area contributed by atoms with Crippen LogP contribution in [0.5, 0.6) is 0 Å². The molecular weight excluding hydrogens is 198 g/mol. The molecule has 1 aliphatic rings. The molecule has 1 rings (SSSR count). The minimum Gasteiger partial charge on any atom is -0.481 e. The van der Waals surface area contributed by atoms with E-state index >= 15 is 0 Å². The standard InChI is InChI=1S/C10H17NO4/c1-6-3-4-15-9(6)10(14)11-7(2)5-8(12)13/h6-7,9H,3-5H2,1-2H3,(H,11,14)(H,12,13)/t6-,7+,9+/m0/s1. The third-order valence-electron chi connectivity index (χ3n) is 2.52. The van der Waals surface area contributed by atoms with Crippen molar-refractivity contribution < 1.29 is 19.4 Å². The Bertz CT molecular complexity index is 254. The van der Waals surface area contributed by atoms with E-state index in [2.05, 4.69) is 5.32 Å². The van der Waals surface area contributed by atoms with E-state index in [1.807, 2.05) is 6.92 Å². The number of carbonyl (C=O) groups excluding carboxylic acids is 1. The van der Waals surface area contributed by atoms with Gasteiger partial charge >= 0.3 is 5.97 Å². The van der Waals surface area contributed by atoms with Crippen LogP contribution in [0.3, 0.4) is 0 Å². The summed E-state index contributed by atoms with van der Waals surface area (Å²) in [7, 11) is 0. The fourth-order valence-corrected chi connectivity index (χ4v) is 1.67. The van der Waals surface area contributed by atoms with Gasteiger partial charge in [0.1, 0.15) is 6.10 Å². The smallest absolute Gasteiger partial charge is 0.305 e. The summed E-state index contributed by atoms with van der Waals surface area (Å²) in [6.45, 7) is 4.23. The number of hydrogen-bond donors (Lipinski definition) is 2. The van der Waals surface area contributed by atoms with Crippen molar-refractivity contribution in [1.29, 1.82) is 0 Å². The summed E-state index contributed by atoms with van der Waals surface area (Å²) in [5.74, 6) is -0.904. The van der Waals surface area contributed by atoms with Crippen LogP contribution in [0.25, 0.3) is 0 Å². The molecule has 0 radical (unpaired) electrons. The van der Waals surface area contributed by atoms with Crippen LogP contribution < -0.4 is 5.32 Å². The van der Waals surface area contributed by atoms with Crippen LogP contribution in [0, 0.1) is 5.92 Å². The largest absolute Gasteiger partial charge is 0.481 e. The highest BCUT2D eigenvalue weighted by atomic mass is 16.5. The van der Waals surface area contributed by atoms with Gasteiger partial charge in [-0.05, 0) is 19.3 Å².